The van der Waals surface area contributed by atoms with Gasteiger partial charge in [0.15, 0.2) is 0 Å². The summed E-state index contributed by atoms with van der Waals surface area (Å²) in [6, 6.07) is 8.00. The third kappa shape index (κ3) is 4.93. The van der Waals surface area contributed by atoms with Crippen molar-refractivity contribution < 1.29 is 14.3 Å². The molecule has 1 aliphatic heterocycles. The minimum atomic E-state index is 0. The Morgan fingerprint density at radius 2 is 1.92 bits per heavy atom. The van der Waals surface area contributed by atoms with E-state index in [0.29, 0.717) is 6.10 Å². The molecule has 1 unspecified atom stereocenters. The molecule has 1 saturated heterocycles. The number of methoxy groups -OCH3 is 1. The van der Waals surface area contributed by atoms with E-state index >= 15 is 0 Å². The lowest BCUT2D eigenvalue weighted by Gasteiger charge is -2.27. The summed E-state index contributed by atoms with van der Waals surface area (Å²) >= 11 is 0. The van der Waals surface area contributed by atoms with E-state index in [4.69, 9.17) is 9.47 Å². The molecule has 0 bridgehead atoms. The maximum absolute atomic E-state index is 12.4. The van der Waals surface area contributed by atoms with Crippen LogP contribution >= 0.6 is 12.4 Å². The zero-order valence-electron chi connectivity index (χ0n) is 14.1. The van der Waals surface area contributed by atoms with Gasteiger partial charge in [-0.05, 0) is 43.4 Å². The van der Waals surface area contributed by atoms with Gasteiger partial charge in [-0.15, -0.1) is 12.4 Å². The van der Waals surface area contributed by atoms with Crippen LogP contribution in [0.1, 0.15) is 37.4 Å². The number of hydrogen-bond donors (Lipinski definition) is 2. The number of ether oxygens (including phenoxy) is 2. The number of benzene rings is 1. The Morgan fingerprint density at radius 1 is 1.21 bits per heavy atom. The van der Waals surface area contributed by atoms with E-state index < -0.39 is 0 Å². The number of anilines is 1. The van der Waals surface area contributed by atoms with Crippen LogP contribution in [0.4, 0.5) is 5.69 Å². The van der Waals surface area contributed by atoms with Gasteiger partial charge in [0.25, 0.3) is 0 Å². The third-order valence-electron chi connectivity index (χ3n) is 4.86. The summed E-state index contributed by atoms with van der Waals surface area (Å²) in [7, 11) is 1.75. The Bertz CT molecular complexity index is 510. The summed E-state index contributed by atoms with van der Waals surface area (Å²) in [6.45, 7) is 2.50. The molecule has 5 nitrogen and oxygen atoms in total. The van der Waals surface area contributed by atoms with E-state index in [-0.39, 0.29) is 30.3 Å². The van der Waals surface area contributed by atoms with E-state index in [1.165, 1.54) is 0 Å². The smallest absolute Gasteiger partial charge is 0.227 e. The first-order chi connectivity index (χ1) is 11.3. The number of carbonyl (C=O) groups is 1. The average molecular weight is 355 g/mol. The molecule has 0 spiro atoms. The molecule has 1 amide bonds. The van der Waals surface area contributed by atoms with E-state index in [1.807, 2.05) is 24.3 Å². The summed E-state index contributed by atoms with van der Waals surface area (Å²) < 4.78 is 11.1. The molecule has 134 valence electrons. The first-order valence-corrected chi connectivity index (χ1v) is 8.52. The highest BCUT2D eigenvalue weighted by Crippen LogP contribution is 2.27. The van der Waals surface area contributed by atoms with E-state index in [0.717, 1.165) is 56.6 Å². The van der Waals surface area contributed by atoms with Crippen molar-refractivity contribution in [2.75, 3.05) is 32.1 Å². The zero-order valence-corrected chi connectivity index (χ0v) is 14.9. The van der Waals surface area contributed by atoms with E-state index in [9.17, 15) is 4.79 Å². The second kappa shape index (κ2) is 9.37. The molecule has 1 atom stereocenters. The second-order valence-electron chi connectivity index (χ2n) is 6.38. The minimum absolute atomic E-state index is 0. The zero-order chi connectivity index (χ0) is 16.1. The van der Waals surface area contributed by atoms with Gasteiger partial charge in [-0.1, -0.05) is 12.1 Å². The van der Waals surface area contributed by atoms with Gasteiger partial charge < -0.3 is 20.1 Å². The first-order valence-electron chi connectivity index (χ1n) is 8.52. The number of hydrogen-bond acceptors (Lipinski definition) is 4. The highest BCUT2D eigenvalue weighted by atomic mass is 35.5. The standard InChI is InChI=1S/C18H26N2O3.ClH/c1-22-16-8-4-14(5-9-16)18(21)20-15-6-2-13(3-7-15)17-12-19-10-11-23-17;/h2-3,6-7,14,16-17,19H,4-5,8-12H2,1H3,(H,20,21);1H. The predicted molar refractivity (Wildman–Crippen MR) is 96.6 cm³/mol. The average Bonchev–Trinajstić information content (AvgIpc) is 2.63. The van der Waals surface area contributed by atoms with Gasteiger partial charge in [0.1, 0.15) is 0 Å². The molecule has 24 heavy (non-hydrogen) atoms. The lowest BCUT2D eigenvalue weighted by molar-refractivity contribution is -0.121. The lowest BCUT2D eigenvalue weighted by atomic mass is 9.87. The molecule has 0 radical (unpaired) electrons. The SMILES string of the molecule is COC1CCC(C(=O)Nc2ccc(C3CNCCO3)cc2)CC1.Cl. The Morgan fingerprint density at radius 3 is 2.50 bits per heavy atom. The fraction of sp³-hybridized carbons (Fsp3) is 0.611. The molecule has 1 aromatic carbocycles. The van der Waals surface area contributed by atoms with Crippen LogP contribution in [0.2, 0.25) is 0 Å². The maximum atomic E-state index is 12.4. The van der Waals surface area contributed by atoms with Crippen molar-refractivity contribution in [3.8, 4) is 0 Å². The normalized spacial score (nSPS) is 27.1. The Labute approximate surface area is 149 Å². The molecule has 6 heteroatoms. The van der Waals surface area contributed by atoms with Crippen LogP contribution in [0, 0.1) is 5.92 Å². The van der Waals surface area contributed by atoms with Crippen molar-refractivity contribution in [1.29, 1.82) is 0 Å². The summed E-state index contributed by atoms with van der Waals surface area (Å²) in [6.07, 6.45) is 4.19. The molecule has 1 aromatic rings. The van der Waals surface area contributed by atoms with Gasteiger partial charge in [-0.2, -0.15) is 0 Å². The van der Waals surface area contributed by atoms with Crippen molar-refractivity contribution in [2.24, 2.45) is 5.92 Å². The van der Waals surface area contributed by atoms with Gasteiger partial charge in [-0.25, -0.2) is 0 Å². The Hall–Kier alpha value is -1.14. The van der Waals surface area contributed by atoms with Crippen LogP contribution in [-0.2, 0) is 14.3 Å². The van der Waals surface area contributed by atoms with Gasteiger partial charge in [0, 0.05) is 31.8 Å². The van der Waals surface area contributed by atoms with Gasteiger partial charge in [-0.3, -0.25) is 4.79 Å². The molecule has 3 rings (SSSR count). The number of morpholine rings is 1. The topological polar surface area (TPSA) is 59.6 Å². The number of carbonyl (C=O) groups excluding carboxylic acids is 1. The van der Waals surface area contributed by atoms with Crippen molar-refractivity contribution in [3.05, 3.63) is 29.8 Å². The third-order valence-corrected chi connectivity index (χ3v) is 4.86. The quantitative estimate of drug-likeness (QED) is 0.872. The fourth-order valence-corrected chi connectivity index (χ4v) is 3.37. The van der Waals surface area contributed by atoms with E-state index in [1.54, 1.807) is 7.11 Å². The van der Waals surface area contributed by atoms with E-state index in [2.05, 4.69) is 10.6 Å². The Balaban J connectivity index is 0.00000208. The number of amides is 1. The Kier molecular flexibility index (Phi) is 7.49. The minimum Gasteiger partial charge on any atom is -0.381 e. The number of halogens is 1. The highest BCUT2D eigenvalue weighted by molar-refractivity contribution is 5.92. The van der Waals surface area contributed by atoms with Gasteiger partial charge in [0.05, 0.1) is 18.8 Å². The van der Waals surface area contributed by atoms with Crippen molar-refractivity contribution in [2.45, 2.75) is 37.9 Å². The molecular weight excluding hydrogens is 328 g/mol. The monoisotopic (exact) mass is 354 g/mol. The number of nitrogens with one attached hydrogen (secondary N) is 2. The molecule has 2 aliphatic rings. The van der Waals surface area contributed by atoms with Crippen molar-refractivity contribution in [3.63, 3.8) is 0 Å². The maximum Gasteiger partial charge on any atom is 0.227 e. The lowest BCUT2D eigenvalue weighted by Crippen LogP contribution is -2.33. The summed E-state index contributed by atoms with van der Waals surface area (Å²) in [5.41, 5.74) is 2.01. The molecule has 1 aliphatic carbocycles. The van der Waals surface area contributed by atoms with Crippen molar-refractivity contribution in [1.82, 2.24) is 5.32 Å². The second-order valence-corrected chi connectivity index (χ2v) is 6.38. The molecular formula is C18H27ClN2O3. The molecule has 0 aromatic heterocycles. The van der Waals surface area contributed by atoms with Crippen LogP contribution in [0.3, 0.4) is 0 Å². The van der Waals surface area contributed by atoms with Gasteiger partial charge in [0.2, 0.25) is 5.91 Å². The van der Waals surface area contributed by atoms with Crippen LogP contribution in [-0.4, -0.2) is 38.8 Å². The summed E-state index contributed by atoms with van der Waals surface area (Å²) in [5.74, 6) is 0.231. The first kappa shape index (κ1) is 19.2. The molecule has 2 fully saturated rings. The largest absolute Gasteiger partial charge is 0.381 e. The predicted octanol–water partition coefficient (Wildman–Crippen LogP) is 2.91. The van der Waals surface area contributed by atoms with Crippen LogP contribution in [0.15, 0.2) is 24.3 Å². The van der Waals surface area contributed by atoms with Crippen molar-refractivity contribution >= 4 is 24.0 Å². The molecule has 2 N–H and O–H groups in total. The van der Waals surface area contributed by atoms with Crippen LogP contribution in [0.25, 0.3) is 0 Å². The highest BCUT2D eigenvalue weighted by Gasteiger charge is 2.26. The number of rotatable bonds is 4. The summed E-state index contributed by atoms with van der Waals surface area (Å²) in [4.78, 5) is 12.4. The fourth-order valence-electron chi connectivity index (χ4n) is 3.37. The molecule has 1 saturated carbocycles. The summed E-state index contributed by atoms with van der Waals surface area (Å²) in [5, 5.41) is 6.36. The van der Waals surface area contributed by atoms with Crippen LogP contribution in [0.5, 0.6) is 0 Å². The van der Waals surface area contributed by atoms with Crippen LogP contribution < -0.4 is 10.6 Å². The van der Waals surface area contributed by atoms with Gasteiger partial charge >= 0.3 is 0 Å². The molecule has 1 heterocycles.